The number of ether oxygens (including phenoxy) is 3. The van der Waals surface area contributed by atoms with E-state index in [-0.39, 0.29) is 0 Å². The van der Waals surface area contributed by atoms with Gasteiger partial charge in [-0.2, -0.15) is 0 Å². The predicted octanol–water partition coefficient (Wildman–Crippen LogP) is 4.00. The zero-order valence-corrected chi connectivity index (χ0v) is 20.1. The molecule has 0 atom stereocenters. The van der Waals surface area contributed by atoms with Crippen LogP contribution in [0, 0.1) is 13.8 Å². The van der Waals surface area contributed by atoms with Crippen LogP contribution < -0.4 is 14.2 Å². The summed E-state index contributed by atoms with van der Waals surface area (Å²) in [6.45, 7) is 3.74. The van der Waals surface area contributed by atoms with Gasteiger partial charge in [0.05, 0.1) is 33.2 Å². The quantitative estimate of drug-likeness (QED) is 0.376. The van der Waals surface area contributed by atoms with Crippen LogP contribution in [0.4, 0.5) is 0 Å². The minimum Gasteiger partial charge on any atom is -0.494 e. The Labute approximate surface area is 202 Å². The van der Waals surface area contributed by atoms with Crippen molar-refractivity contribution in [1.82, 2.24) is 34.5 Å². The van der Waals surface area contributed by atoms with E-state index in [1.165, 1.54) is 0 Å². The van der Waals surface area contributed by atoms with Crippen LogP contribution in [0.5, 0.6) is 17.4 Å². The number of para-hydroxylation sites is 1. The summed E-state index contributed by atoms with van der Waals surface area (Å²) in [7, 11) is 4.79. The number of hydrogen-bond donors (Lipinski definition) is 0. The van der Waals surface area contributed by atoms with E-state index in [4.69, 9.17) is 14.2 Å². The molecule has 1 aromatic carbocycles. The lowest BCUT2D eigenvalue weighted by Crippen LogP contribution is -2.05. The molecule has 4 aromatic heterocycles. The SMILES string of the molecule is COc1cccc(-c2nc3ncc(C)nc3n2-c2c(OC)cccc2OC)n1.Cc1ncccn1. The maximum absolute atomic E-state index is 5.60. The van der Waals surface area contributed by atoms with Gasteiger partial charge in [-0.3, -0.25) is 4.57 Å². The minimum absolute atomic E-state index is 0.486. The Bertz CT molecular complexity index is 1420. The third-order valence-corrected chi connectivity index (χ3v) is 4.97. The first-order valence-corrected chi connectivity index (χ1v) is 10.7. The van der Waals surface area contributed by atoms with Gasteiger partial charge in [0.2, 0.25) is 5.88 Å². The second-order valence-electron chi connectivity index (χ2n) is 7.30. The smallest absolute Gasteiger partial charge is 0.213 e. The summed E-state index contributed by atoms with van der Waals surface area (Å²) in [5.41, 5.74) is 3.15. The first-order chi connectivity index (χ1) is 17.0. The third kappa shape index (κ3) is 5.01. The third-order valence-electron chi connectivity index (χ3n) is 4.97. The molecular weight excluding hydrogens is 446 g/mol. The van der Waals surface area contributed by atoms with E-state index in [1.807, 2.05) is 48.7 Å². The highest BCUT2D eigenvalue weighted by Gasteiger charge is 2.23. The van der Waals surface area contributed by atoms with Gasteiger partial charge in [0.1, 0.15) is 28.7 Å². The standard InChI is InChI=1S/C20H19N5O3.C5H6N2/c1-12-11-21-18-20(22-12)25(17-14(26-2)8-6-9-15(17)27-3)19(24-18)13-7-5-10-16(23-13)28-4;1-5-6-3-2-4-7-5/h5-11H,1-4H3;2-4H,1H3. The zero-order chi connectivity index (χ0) is 24.8. The summed E-state index contributed by atoms with van der Waals surface area (Å²) in [6.07, 6.45) is 5.13. The maximum atomic E-state index is 5.60. The highest BCUT2D eigenvalue weighted by molar-refractivity contribution is 5.79. The van der Waals surface area contributed by atoms with Crippen LogP contribution in [0.3, 0.4) is 0 Å². The number of aromatic nitrogens is 7. The maximum Gasteiger partial charge on any atom is 0.213 e. The van der Waals surface area contributed by atoms with Crippen LogP contribution in [-0.2, 0) is 0 Å². The Balaban J connectivity index is 0.000000356. The van der Waals surface area contributed by atoms with Crippen molar-refractivity contribution in [2.75, 3.05) is 21.3 Å². The molecule has 0 saturated carbocycles. The number of aryl methyl sites for hydroxylation is 2. The van der Waals surface area contributed by atoms with Crippen molar-refractivity contribution < 1.29 is 14.2 Å². The summed E-state index contributed by atoms with van der Waals surface area (Å²) in [5, 5.41) is 0. The first kappa shape index (κ1) is 23.6. The number of pyridine rings is 1. The number of benzene rings is 1. The Morgan fingerprint density at radius 2 is 1.40 bits per heavy atom. The molecule has 10 nitrogen and oxygen atoms in total. The van der Waals surface area contributed by atoms with Gasteiger partial charge in [0, 0.05) is 18.5 Å². The van der Waals surface area contributed by atoms with Crippen LogP contribution in [0.15, 0.2) is 61.1 Å². The molecule has 0 amide bonds. The van der Waals surface area contributed by atoms with Crippen molar-refractivity contribution in [3.63, 3.8) is 0 Å². The highest BCUT2D eigenvalue weighted by Crippen LogP contribution is 2.37. The fourth-order valence-electron chi connectivity index (χ4n) is 3.40. The summed E-state index contributed by atoms with van der Waals surface area (Å²) >= 11 is 0. The number of fused-ring (bicyclic) bond motifs is 1. The normalized spacial score (nSPS) is 10.4. The van der Waals surface area contributed by atoms with Crippen LogP contribution in [0.2, 0.25) is 0 Å². The van der Waals surface area contributed by atoms with Gasteiger partial charge in [-0.1, -0.05) is 12.1 Å². The van der Waals surface area contributed by atoms with Crippen molar-refractivity contribution in [2.24, 2.45) is 0 Å². The Kier molecular flexibility index (Phi) is 7.10. The molecule has 0 aliphatic heterocycles. The van der Waals surface area contributed by atoms with Crippen LogP contribution in [0.1, 0.15) is 11.5 Å². The van der Waals surface area contributed by atoms with Crippen molar-refractivity contribution in [1.29, 1.82) is 0 Å². The summed E-state index contributed by atoms with van der Waals surface area (Å²) in [4.78, 5) is 26.0. The number of imidazole rings is 1. The van der Waals surface area contributed by atoms with Crippen LogP contribution >= 0.6 is 0 Å². The molecule has 0 saturated heterocycles. The summed E-state index contributed by atoms with van der Waals surface area (Å²) in [6, 6.07) is 12.9. The largest absolute Gasteiger partial charge is 0.494 e. The number of hydrogen-bond acceptors (Lipinski definition) is 9. The van der Waals surface area contributed by atoms with E-state index in [1.54, 1.807) is 52.1 Å². The summed E-state index contributed by atoms with van der Waals surface area (Å²) < 4.78 is 18.3. The molecule has 35 heavy (non-hydrogen) atoms. The lowest BCUT2D eigenvalue weighted by Gasteiger charge is -2.16. The molecular formula is C25H25N7O3. The number of nitrogens with zero attached hydrogens (tertiary/aromatic N) is 7. The van der Waals surface area contributed by atoms with Gasteiger partial charge in [0.15, 0.2) is 17.1 Å². The average Bonchev–Trinajstić information content (AvgIpc) is 3.27. The van der Waals surface area contributed by atoms with Gasteiger partial charge in [-0.25, -0.2) is 29.9 Å². The molecule has 5 aromatic rings. The number of methoxy groups -OCH3 is 3. The van der Waals surface area contributed by atoms with Gasteiger partial charge in [-0.05, 0) is 38.1 Å². The van der Waals surface area contributed by atoms with E-state index in [2.05, 4.69) is 29.9 Å². The topological polar surface area (TPSA) is 110 Å². The Morgan fingerprint density at radius 1 is 0.714 bits per heavy atom. The van der Waals surface area contributed by atoms with E-state index < -0.39 is 0 Å². The van der Waals surface area contributed by atoms with Gasteiger partial charge < -0.3 is 14.2 Å². The van der Waals surface area contributed by atoms with E-state index in [0.717, 1.165) is 11.5 Å². The van der Waals surface area contributed by atoms with Crippen molar-refractivity contribution in [3.05, 3.63) is 72.6 Å². The molecule has 0 spiro atoms. The second kappa shape index (κ2) is 10.6. The average molecular weight is 472 g/mol. The van der Waals surface area contributed by atoms with Gasteiger partial charge >= 0.3 is 0 Å². The molecule has 10 heteroatoms. The lowest BCUT2D eigenvalue weighted by atomic mass is 10.2. The molecule has 0 bridgehead atoms. The molecule has 0 aliphatic carbocycles. The van der Waals surface area contributed by atoms with Crippen LogP contribution in [-0.4, -0.2) is 55.8 Å². The molecule has 178 valence electrons. The molecule has 0 unspecified atom stereocenters. The fraction of sp³-hybridized carbons (Fsp3) is 0.200. The Morgan fingerprint density at radius 3 is 2.00 bits per heavy atom. The minimum atomic E-state index is 0.486. The molecule has 4 heterocycles. The number of rotatable bonds is 5. The molecule has 5 rings (SSSR count). The first-order valence-electron chi connectivity index (χ1n) is 10.7. The van der Waals surface area contributed by atoms with Gasteiger partial charge in [0.25, 0.3) is 0 Å². The lowest BCUT2D eigenvalue weighted by molar-refractivity contribution is 0.391. The van der Waals surface area contributed by atoms with E-state index in [0.29, 0.717) is 45.9 Å². The van der Waals surface area contributed by atoms with Crippen LogP contribution in [0.25, 0.3) is 28.5 Å². The highest BCUT2D eigenvalue weighted by atomic mass is 16.5. The molecule has 0 N–H and O–H groups in total. The monoisotopic (exact) mass is 471 g/mol. The zero-order valence-electron chi connectivity index (χ0n) is 20.1. The van der Waals surface area contributed by atoms with Crippen molar-refractivity contribution >= 4 is 11.3 Å². The fourth-order valence-corrected chi connectivity index (χ4v) is 3.40. The van der Waals surface area contributed by atoms with Crippen molar-refractivity contribution in [3.8, 4) is 34.6 Å². The molecule has 0 aliphatic rings. The molecule has 0 radical (unpaired) electrons. The predicted molar refractivity (Wildman–Crippen MR) is 131 cm³/mol. The van der Waals surface area contributed by atoms with E-state index in [9.17, 15) is 0 Å². The second-order valence-corrected chi connectivity index (χ2v) is 7.30. The van der Waals surface area contributed by atoms with Crippen molar-refractivity contribution in [2.45, 2.75) is 13.8 Å². The van der Waals surface area contributed by atoms with Gasteiger partial charge in [-0.15, -0.1) is 0 Å². The van der Waals surface area contributed by atoms with E-state index >= 15 is 0 Å². The molecule has 0 fully saturated rings. The Hall–Kier alpha value is -4.60. The summed E-state index contributed by atoms with van der Waals surface area (Å²) in [5.74, 6) is 3.10.